The van der Waals surface area contributed by atoms with Crippen LogP contribution in [0.3, 0.4) is 0 Å². The average molecular weight is 259 g/mol. The zero-order valence-corrected chi connectivity index (χ0v) is 11.3. The monoisotopic (exact) mass is 259 g/mol. The SMILES string of the molecule is CCCNCCc1cn(CCS(C)(=O)=O)cn1. The van der Waals surface area contributed by atoms with E-state index in [9.17, 15) is 8.42 Å². The van der Waals surface area contributed by atoms with Gasteiger partial charge in [-0.1, -0.05) is 6.92 Å². The van der Waals surface area contributed by atoms with Gasteiger partial charge in [0.15, 0.2) is 0 Å². The summed E-state index contributed by atoms with van der Waals surface area (Å²) >= 11 is 0. The van der Waals surface area contributed by atoms with Crippen molar-refractivity contribution in [3.8, 4) is 0 Å². The zero-order chi connectivity index (χ0) is 12.7. The number of rotatable bonds is 8. The summed E-state index contributed by atoms with van der Waals surface area (Å²) < 4.78 is 23.9. The molecule has 1 aromatic rings. The maximum Gasteiger partial charge on any atom is 0.149 e. The lowest BCUT2D eigenvalue weighted by Crippen LogP contribution is -2.17. The van der Waals surface area contributed by atoms with Crippen molar-refractivity contribution in [1.29, 1.82) is 0 Å². The fourth-order valence-electron chi connectivity index (χ4n) is 1.45. The Bertz CT molecular complexity index is 426. The van der Waals surface area contributed by atoms with Crippen molar-refractivity contribution in [3.63, 3.8) is 0 Å². The van der Waals surface area contributed by atoms with Gasteiger partial charge in [0.1, 0.15) is 9.84 Å². The molecule has 0 saturated carbocycles. The lowest BCUT2D eigenvalue weighted by Gasteiger charge is -2.00. The maximum absolute atomic E-state index is 11.0. The normalized spacial score (nSPS) is 11.9. The molecule has 1 heterocycles. The van der Waals surface area contributed by atoms with Crippen molar-refractivity contribution >= 4 is 9.84 Å². The van der Waals surface area contributed by atoms with E-state index in [0.717, 1.165) is 31.6 Å². The molecular formula is C11H21N3O2S. The summed E-state index contributed by atoms with van der Waals surface area (Å²) in [7, 11) is -2.90. The lowest BCUT2D eigenvalue weighted by molar-refractivity contribution is 0.594. The molecule has 0 aliphatic rings. The maximum atomic E-state index is 11.0. The van der Waals surface area contributed by atoms with E-state index in [1.165, 1.54) is 6.26 Å². The molecule has 0 spiro atoms. The van der Waals surface area contributed by atoms with Crippen LogP contribution in [-0.4, -0.2) is 43.1 Å². The van der Waals surface area contributed by atoms with Crippen molar-refractivity contribution in [2.45, 2.75) is 26.3 Å². The second-order valence-electron chi connectivity index (χ2n) is 4.23. The third-order valence-electron chi connectivity index (χ3n) is 2.39. The molecule has 1 aromatic heterocycles. The summed E-state index contributed by atoms with van der Waals surface area (Å²) in [6.45, 7) is 4.55. The first-order valence-electron chi connectivity index (χ1n) is 5.90. The highest BCUT2D eigenvalue weighted by molar-refractivity contribution is 7.90. The molecular weight excluding hydrogens is 238 g/mol. The topological polar surface area (TPSA) is 64.0 Å². The van der Waals surface area contributed by atoms with Crippen LogP contribution in [0.4, 0.5) is 0 Å². The van der Waals surface area contributed by atoms with Crippen LogP contribution in [0.1, 0.15) is 19.0 Å². The Morgan fingerprint density at radius 3 is 2.82 bits per heavy atom. The first-order valence-corrected chi connectivity index (χ1v) is 7.96. The number of sulfone groups is 1. The molecule has 1 N–H and O–H groups in total. The van der Waals surface area contributed by atoms with Crippen LogP contribution < -0.4 is 5.32 Å². The number of hydrogen-bond donors (Lipinski definition) is 1. The molecule has 0 aromatic carbocycles. The summed E-state index contributed by atoms with van der Waals surface area (Å²) in [4.78, 5) is 4.24. The van der Waals surface area contributed by atoms with E-state index in [2.05, 4.69) is 17.2 Å². The summed E-state index contributed by atoms with van der Waals surface area (Å²) in [5.41, 5.74) is 1.00. The largest absolute Gasteiger partial charge is 0.336 e. The molecule has 0 saturated heterocycles. The van der Waals surface area contributed by atoms with Gasteiger partial charge < -0.3 is 9.88 Å². The third kappa shape index (κ3) is 6.43. The molecule has 0 atom stereocenters. The van der Waals surface area contributed by atoms with Gasteiger partial charge in [-0.15, -0.1) is 0 Å². The van der Waals surface area contributed by atoms with Gasteiger partial charge in [0, 0.05) is 32.0 Å². The van der Waals surface area contributed by atoms with Gasteiger partial charge in [0.05, 0.1) is 17.8 Å². The van der Waals surface area contributed by atoms with Crippen LogP contribution in [0.25, 0.3) is 0 Å². The van der Waals surface area contributed by atoms with Crippen LogP contribution in [0.2, 0.25) is 0 Å². The Balaban J connectivity index is 2.32. The molecule has 0 bridgehead atoms. The van der Waals surface area contributed by atoms with Crippen LogP contribution in [0.15, 0.2) is 12.5 Å². The van der Waals surface area contributed by atoms with Crippen LogP contribution in [0.5, 0.6) is 0 Å². The second kappa shape index (κ2) is 6.76. The van der Waals surface area contributed by atoms with Crippen LogP contribution in [-0.2, 0) is 22.8 Å². The molecule has 0 amide bonds. The number of aryl methyl sites for hydroxylation is 1. The Morgan fingerprint density at radius 2 is 2.18 bits per heavy atom. The summed E-state index contributed by atoms with van der Waals surface area (Å²) in [5, 5.41) is 3.30. The zero-order valence-electron chi connectivity index (χ0n) is 10.5. The van der Waals surface area contributed by atoms with Gasteiger partial charge in [-0.2, -0.15) is 0 Å². The quantitative estimate of drug-likeness (QED) is 0.689. The predicted molar refractivity (Wildman–Crippen MR) is 68.8 cm³/mol. The first kappa shape index (κ1) is 14.2. The Kier molecular flexibility index (Phi) is 5.64. The second-order valence-corrected chi connectivity index (χ2v) is 6.49. The van der Waals surface area contributed by atoms with Gasteiger partial charge in [0.25, 0.3) is 0 Å². The highest BCUT2D eigenvalue weighted by atomic mass is 32.2. The summed E-state index contributed by atoms with van der Waals surface area (Å²) in [5.74, 6) is 0.164. The van der Waals surface area contributed by atoms with Gasteiger partial charge in [-0.05, 0) is 13.0 Å². The molecule has 17 heavy (non-hydrogen) atoms. The molecule has 6 heteroatoms. The van der Waals surface area contributed by atoms with E-state index in [-0.39, 0.29) is 5.75 Å². The van der Waals surface area contributed by atoms with Crippen molar-refractivity contribution in [2.75, 3.05) is 25.1 Å². The minimum atomic E-state index is -2.90. The first-order chi connectivity index (χ1) is 8.01. The molecule has 0 aliphatic heterocycles. The van der Waals surface area contributed by atoms with Crippen molar-refractivity contribution in [2.24, 2.45) is 0 Å². The highest BCUT2D eigenvalue weighted by Gasteiger charge is 2.03. The van der Waals surface area contributed by atoms with E-state index >= 15 is 0 Å². The average Bonchev–Trinajstić information content (AvgIpc) is 2.69. The Labute approximate surface area is 103 Å². The van der Waals surface area contributed by atoms with Crippen molar-refractivity contribution in [1.82, 2.24) is 14.9 Å². The van der Waals surface area contributed by atoms with E-state index in [1.54, 1.807) is 6.33 Å². The molecule has 0 unspecified atom stereocenters. The predicted octanol–water partition coefficient (Wildman–Crippen LogP) is 0.470. The molecule has 0 aliphatic carbocycles. The third-order valence-corrected chi connectivity index (χ3v) is 3.32. The molecule has 0 radical (unpaired) electrons. The van der Waals surface area contributed by atoms with Crippen molar-refractivity contribution < 1.29 is 8.42 Å². The standard InChI is InChI=1S/C11H21N3O2S/c1-3-5-12-6-4-11-9-14(10-13-11)7-8-17(2,15)16/h9-10,12H,3-8H2,1-2H3. The smallest absolute Gasteiger partial charge is 0.149 e. The minimum absolute atomic E-state index is 0.164. The van der Waals surface area contributed by atoms with Crippen LogP contribution in [0, 0.1) is 0 Å². The van der Waals surface area contributed by atoms with E-state index in [4.69, 9.17) is 0 Å². The summed E-state index contributed by atoms with van der Waals surface area (Å²) in [6, 6.07) is 0. The minimum Gasteiger partial charge on any atom is -0.336 e. The molecule has 5 nitrogen and oxygen atoms in total. The fraction of sp³-hybridized carbons (Fsp3) is 0.727. The lowest BCUT2D eigenvalue weighted by atomic mass is 10.3. The van der Waals surface area contributed by atoms with E-state index in [1.807, 2.05) is 10.8 Å². The number of hydrogen-bond acceptors (Lipinski definition) is 4. The van der Waals surface area contributed by atoms with Gasteiger partial charge in [-0.3, -0.25) is 0 Å². The highest BCUT2D eigenvalue weighted by Crippen LogP contribution is 1.98. The van der Waals surface area contributed by atoms with Gasteiger partial charge >= 0.3 is 0 Å². The molecule has 0 fully saturated rings. The summed E-state index contributed by atoms with van der Waals surface area (Å²) in [6.07, 6.45) is 6.87. The Hall–Kier alpha value is -0.880. The number of nitrogens with zero attached hydrogens (tertiary/aromatic N) is 2. The molecule has 98 valence electrons. The number of aromatic nitrogens is 2. The Morgan fingerprint density at radius 1 is 1.41 bits per heavy atom. The van der Waals surface area contributed by atoms with Crippen molar-refractivity contribution in [3.05, 3.63) is 18.2 Å². The van der Waals surface area contributed by atoms with E-state index in [0.29, 0.717) is 6.54 Å². The van der Waals surface area contributed by atoms with Gasteiger partial charge in [-0.25, -0.2) is 13.4 Å². The number of imidazole rings is 1. The van der Waals surface area contributed by atoms with Crippen LogP contribution >= 0.6 is 0 Å². The fourth-order valence-corrected chi connectivity index (χ4v) is 1.99. The number of nitrogens with one attached hydrogen (secondary N) is 1. The molecule has 1 rings (SSSR count). The van der Waals surface area contributed by atoms with Gasteiger partial charge in [0.2, 0.25) is 0 Å². The van der Waals surface area contributed by atoms with E-state index < -0.39 is 9.84 Å².